The van der Waals surface area contributed by atoms with Gasteiger partial charge in [-0.25, -0.2) is 0 Å². The molecule has 1 N–H and O–H groups in total. The molecule has 2 unspecified atom stereocenters. The molecule has 0 spiro atoms. The first-order chi connectivity index (χ1) is 9.15. The van der Waals surface area contributed by atoms with Crippen molar-refractivity contribution in [2.75, 3.05) is 0 Å². The van der Waals surface area contributed by atoms with Crippen LogP contribution < -0.4 is 5.32 Å². The van der Waals surface area contributed by atoms with E-state index in [1.165, 1.54) is 11.1 Å². The van der Waals surface area contributed by atoms with Crippen LogP contribution in [0.4, 0.5) is 0 Å². The van der Waals surface area contributed by atoms with E-state index in [0.717, 1.165) is 18.6 Å². The maximum atomic E-state index is 5.36. The highest BCUT2D eigenvalue weighted by molar-refractivity contribution is 5.24. The van der Waals surface area contributed by atoms with Crippen LogP contribution in [0.3, 0.4) is 0 Å². The van der Waals surface area contributed by atoms with Crippen LogP contribution in [0.5, 0.6) is 0 Å². The van der Waals surface area contributed by atoms with Crippen molar-refractivity contribution in [2.24, 2.45) is 0 Å². The minimum absolute atomic E-state index is 0.381. The van der Waals surface area contributed by atoms with Gasteiger partial charge >= 0.3 is 0 Å². The summed E-state index contributed by atoms with van der Waals surface area (Å²) in [7, 11) is 0. The highest BCUT2D eigenvalue weighted by atomic mass is 16.3. The summed E-state index contributed by atoms with van der Waals surface area (Å²) in [5.41, 5.74) is 2.67. The summed E-state index contributed by atoms with van der Waals surface area (Å²) in [6.45, 7) is 6.59. The summed E-state index contributed by atoms with van der Waals surface area (Å²) < 4.78 is 5.36. The minimum atomic E-state index is 0.381. The highest BCUT2D eigenvalue weighted by Crippen LogP contribution is 2.15. The van der Waals surface area contributed by atoms with Gasteiger partial charge in [0.25, 0.3) is 0 Å². The van der Waals surface area contributed by atoms with Crippen LogP contribution in [0.1, 0.15) is 43.2 Å². The fourth-order valence-electron chi connectivity index (χ4n) is 2.36. The summed E-state index contributed by atoms with van der Waals surface area (Å²) >= 11 is 0. The standard InChI is InChI=1S/C17H23NO/c1-13-6-4-7-16(12-13)15(3)18-14(2)9-10-17-8-5-11-19-17/h4-8,11-12,14-15,18H,9-10H2,1-3H3. The van der Waals surface area contributed by atoms with Crippen molar-refractivity contribution in [2.45, 2.75) is 45.7 Å². The predicted octanol–water partition coefficient (Wildman–Crippen LogP) is 4.26. The molecule has 0 aliphatic heterocycles. The van der Waals surface area contributed by atoms with Crippen molar-refractivity contribution in [1.29, 1.82) is 0 Å². The van der Waals surface area contributed by atoms with Gasteiger partial charge in [-0.2, -0.15) is 0 Å². The van der Waals surface area contributed by atoms with Crippen molar-refractivity contribution >= 4 is 0 Å². The van der Waals surface area contributed by atoms with E-state index in [1.54, 1.807) is 6.26 Å². The van der Waals surface area contributed by atoms with Crippen LogP contribution in [-0.2, 0) is 6.42 Å². The molecule has 2 aromatic rings. The molecule has 0 amide bonds. The molecule has 1 aromatic heterocycles. The molecular formula is C17H23NO. The second-order valence-corrected chi connectivity index (χ2v) is 5.32. The molecule has 2 rings (SSSR count). The first-order valence-electron chi connectivity index (χ1n) is 7.00. The lowest BCUT2D eigenvalue weighted by Crippen LogP contribution is -2.29. The Bertz CT molecular complexity index is 490. The molecule has 0 aliphatic rings. The van der Waals surface area contributed by atoms with Crippen molar-refractivity contribution in [1.82, 2.24) is 5.32 Å². The summed E-state index contributed by atoms with van der Waals surface area (Å²) in [6.07, 6.45) is 3.81. The van der Waals surface area contributed by atoms with Gasteiger partial charge in [0, 0.05) is 18.5 Å². The Morgan fingerprint density at radius 2 is 2.00 bits per heavy atom. The molecule has 0 aliphatic carbocycles. The van der Waals surface area contributed by atoms with E-state index in [1.807, 2.05) is 12.1 Å². The van der Waals surface area contributed by atoms with Crippen LogP contribution in [0, 0.1) is 6.92 Å². The Hall–Kier alpha value is -1.54. The summed E-state index contributed by atoms with van der Waals surface area (Å²) in [6, 6.07) is 13.5. The van der Waals surface area contributed by atoms with Gasteiger partial charge in [0.15, 0.2) is 0 Å². The van der Waals surface area contributed by atoms with Crippen LogP contribution >= 0.6 is 0 Å². The number of benzene rings is 1. The first kappa shape index (κ1) is 13.9. The van der Waals surface area contributed by atoms with Crippen molar-refractivity contribution < 1.29 is 4.42 Å². The van der Waals surface area contributed by atoms with Gasteiger partial charge in [0.05, 0.1) is 6.26 Å². The lowest BCUT2D eigenvalue weighted by molar-refractivity contribution is 0.430. The number of rotatable bonds is 6. The Balaban J connectivity index is 1.83. The third kappa shape index (κ3) is 4.25. The zero-order valence-electron chi connectivity index (χ0n) is 12.0. The third-order valence-corrected chi connectivity index (χ3v) is 3.48. The summed E-state index contributed by atoms with van der Waals surface area (Å²) in [5, 5.41) is 3.64. The molecule has 0 radical (unpaired) electrons. The number of hydrogen-bond donors (Lipinski definition) is 1. The average molecular weight is 257 g/mol. The molecule has 19 heavy (non-hydrogen) atoms. The molecule has 0 saturated carbocycles. The maximum absolute atomic E-state index is 5.36. The number of furan rings is 1. The van der Waals surface area contributed by atoms with Gasteiger partial charge in [-0.3, -0.25) is 0 Å². The van der Waals surface area contributed by atoms with E-state index in [4.69, 9.17) is 4.42 Å². The lowest BCUT2D eigenvalue weighted by atomic mass is 10.0. The van der Waals surface area contributed by atoms with Crippen LogP contribution in [0.2, 0.25) is 0 Å². The second-order valence-electron chi connectivity index (χ2n) is 5.32. The smallest absolute Gasteiger partial charge is 0.103 e. The molecule has 2 heteroatoms. The molecule has 1 aromatic carbocycles. The van der Waals surface area contributed by atoms with Gasteiger partial charge in [0.2, 0.25) is 0 Å². The van der Waals surface area contributed by atoms with Crippen molar-refractivity contribution in [3.05, 3.63) is 59.5 Å². The highest BCUT2D eigenvalue weighted by Gasteiger charge is 2.10. The van der Waals surface area contributed by atoms with Crippen molar-refractivity contribution in [3.8, 4) is 0 Å². The van der Waals surface area contributed by atoms with Crippen molar-refractivity contribution in [3.63, 3.8) is 0 Å². The van der Waals surface area contributed by atoms with E-state index in [9.17, 15) is 0 Å². The molecule has 0 bridgehead atoms. The Morgan fingerprint density at radius 1 is 1.16 bits per heavy atom. The summed E-state index contributed by atoms with van der Waals surface area (Å²) in [4.78, 5) is 0. The van der Waals surface area contributed by atoms with E-state index >= 15 is 0 Å². The van der Waals surface area contributed by atoms with E-state index in [-0.39, 0.29) is 0 Å². The molecule has 0 saturated heterocycles. The number of hydrogen-bond acceptors (Lipinski definition) is 2. The lowest BCUT2D eigenvalue weighted by Gasteiger charge is -2.20. The molecule has 102 valence electrons. The Labute approximate surface area is 115 Å². The largest absolute Gasteiger partial charge is 0.469 e. The zero-order chi connectivity index (χ0) is 13.7. The van der Waals surface area contributed by atoms with Gasteiger partial charge < -0.3 is 9.73 Å². The SMILES string of the molecule is Cc1cccc(C(C)NC(C)CCc2ccco2)c1. The maximum Gasteiger partial charge on any atom is 0.103 e. The monoisotopic (exact) mass is 257 g/mol. The fourth-order valence-corrected chi connectivity index (χ4v) is 2.36. The predicted molar refractivity (Wildman–Crippen MR) is 79.2 cm³/mol. The zero-order valence-corrected chi connectivity index (χ0v) is 12.0. The minimum Gasteiger partial charge on any atom is -0.469 e. The molecule has 2 nitrogen and oxygen atoms in total. The van der Waals surface area contributed by atoms with Crippen LogP contribution in [0.15, 0.2) is 47.1 Å². The average Bonchev–Trinajstić information content (AvgIpc) is 2.89. The second kappa shape index (κ2) is 6.58. The topological polar surface area (TPSA) is 25.2 Å². The summed E-state index contributed by atoms with van der Waals surface area (Å²) in [5.74, 6) is 1.07. The number of aryl methyl sites for hydroxylation is 2. The molecule has 0 fully saturated rings. The third-order valence-electron chi connectivity index (χ3n) is 3.48. The van der Waals surface area contributed by atoms with E-state index < -0.39 is 0 Å². The Kier molecular flexibility index (Phi) is 4.80. The van der Waals surface area contributed by atoms with Gasteiger partial charge in [-0.15, -0.1) is 0 Å². The van der Waals surface area contributed by atoms with E-state index in [2.05, 4.69) is 50.4 Å². The van der Waals surface area contributed by atoms with Gasteiger partial charge in [0.1, 0.15) is 5.76 Å². The molecule has 1 heterocycles. The quantitative estimate of drug-likeness (QED) is 0.836. The van der Waals surface area contributed by atoms with E-state index in [0.29, 0.717) is 12.1 Å². The van der Waals surface area contributed by atoms with Crippen LogP contribution in [-0.4, -0.2) is 6.04 Å². The normalized spacial score (nSPS) is 14.3. The van der Waals surface area contributed by atoms with Gasteiger partial charge in [-0.1, -0.05) is 29.8 Å². The molecular weight excluding hydrogens is 234 g/mol. The number of nitrogens with one attached hydrogen (secondary N) is 1. The van der Waals surface area contributed by atoms with Gasteiger partial charge in [-0.05, 0) is 44.9 Å². The van der Waals surface area contributed by atoms with Crippen LogP contribution in [0.25, 0.3) is 0 Å². The first-order valence-corrected chi connectivity index (χ1v) is 7.00. The molecule has 2 atom stereocenters. The Morgan fingerprint density at radius 3 is 2.68 bits per heavy atom. The fraction of sp³-hybridized carbons (Fsp3) is 0.412.